The quantitative estimate of drug-likeness (QED) is 0.431. The maximum Gasteiger partial charge on any atom is 0.338 e. The van der Waals surface area contributed by atoms with E-state index in [0.29, 0.717) is 6.54 Å². The van der Waals surface area contributed by atoms with Crippen LogP contribution in [0.3, 0.4) is 0 Å². The second-order valence-corrected chi connectivity index (χ2v) is 6.50. The molecule has 1 aliphatic rings. The van der Waals surface area contributed by atoms with Crippen LogP contribution in [0, 0.1) is 10.1 Å². The number of hydrogen-bond acceptors (Lipinski definition) is 5. The number of esters is 1. The lowest BCUT2D eigenvalue weighted by atomic mass is 10.00. The first kappa shape index (κ1) is 18.4. The van der Waals surface area contributed by atoms with Gasteiger partial charge >= 0.3 is 5.97 Å². The van der Waals surface area contributed by atoms with Crippen molar-refractivity contribution in [2.45, 2.75) is 38.6 Å². The molecule has 24 heavy (non-hydrogen) atoms. The number of ether oxygens (including phenoxy) is 1. The van der Waals surface area contributed by atoms with Crippen LogP contribution in [0.15, 0.2) is 22.7 Å². The van der Waals surface area contributed by atoms with Crippen molar-refractivity contribution in [2.24, 2.45) is 0 Å². The van der Waals surface area contributed by atoms with Crippen LogP contribution in [0.1, 0.15) is 43.0 Å². The summed E-state index contributed by atoms with van der Waals surface area (Å²) in [4.78, 5) is 36.4. The Morgan fingerprint density at radius 3 is 2.83 bits per heavy atom. The molecule has 1 fully saturated rings. The molecule has 1 atom stereocenters. The lowest BCUT2D eigenvalue weighted by molar-refractivity contribution is -0.385. The van der Waals surface area contributed by atoms with Crippen LogP contribution in [0.25, 0.3) is 0 Å². The number of likely N-dealkylation sites (tertiary alicyclic amines) is 1. The molecule has 0 aromatic heterocycles. The van der Waals surface area contributed by atoms with Gasteiger partial charge < -0.3 is 9.64 Å². The number of rotatable bonds is 5. The molecule has 1 aliphatic heterocycles. The Morgan fingerprint density at radius 2 is 2.17 bits per heavy atom. The molecule has 1 saturated heterocycles. The van der Waals surface area contributed by atoms with E-state index in [2.05, 4.69) is 15.9 Å². The number of nitrogens with zero attached hydrogens (tertiary/aromatic N) is 2. The van der Waals surface area contributed by atoms with Crippen LogP contribution in [0.2, 0.25) is 0 Å². The molecule has 2 rings (SSSR count). The van der Waals surface area contributed by atoms with E-state index >= 15 is 0 Å². The van der Waals surface area contributed by atoms with E-state index in [9.17, 15) is 19.7 Å². The van der Waals surface area contributed by atoms with Gasteiger partial charge in [0.15, 0.2) is 6.61 Å². The molecule has 1 aromatic carbocycles. The Kier molecular flexibility index (Phi) is 6.30. The van der Waals surface area contributed by atoms with Gasteiger partial charge in [-0.2, -0.15) is 0 Å². The Hall–Kier alpha value is -1.96. The van der Waals surface area contributed by atoms with E-state index in [1.165, 1.54) is 12.1 Å². The third-order valence-electron chi connectivity index (χ3n) is 4.12. The number of benzene rings is 1. The molecule has 1 heterocycles. The highest BCUT2D eigenvalue weighted by molar-refractivity contribution is 9.10. The lowest BCUT2D eigenvalue weighted by Gasteiger charge is -2.35. The molecule has 0 N–H and O–H groups in total. The minimum atomic E-state index is -0.746. The summed E-state index contributed by atoms with van der Waals surface area (Å²) in [6.45, 7) is 2.36. The van der Waals surface area contributed by atoms with Crippen LogP contribution < -0.4 is 0 Å². The Labute approximate surface area is 148 Å². The van der Waals surface area contributed by atoms with E-state index in [1.54, 1.807) is 4.90 Å². The largest absolute Gasteiger partial charge is 0.452 e. The van der Waals surface area contributed by atoms with Crippen LogP contribution in [-0.4, -0.2) is 40.9 Å². The summed E-state index contributed by atoms with van der Waals surface area (Å²) in [5, 5.41) is 10.9. The molecule has 0 unspecified atom stereocenters. The SMILES string of the molecule is CC[C@H]1CCCCN1C(=O)COC(=O)c1ccc(Br)c([N+](=O)[O-])c1. The van der Waals surface area contributed by atoms with Crippen molar-refractivity contribution >= 4 is 33.5 Å². The van der Waals surface area contributed by atoms with Crippen molar-refractivity contribution in [3.8, 4) is 0 Å². The minimum absolute atomic E-state index is 0.0448. The van der Waals surface area contributed by atoms with E-state index in [-0.39, 0.29) is 34.3 Å². The number of halogens is 1. The van der Waals surface area contributed by atoms with Gasteiger partial charge in [-0.15, -0.1) is 0 Å². The van der Waals surface area contributed by atoms with Crippen molar-refractivity contribution in [2.75, 3.05) is 13.2 Å². The monoisotopic (exact) mass is 398 g/mol. The van der Waals surface area contributed by atoms with E-state index in [1.807, 2.05) is 6.92 Å². The summed E-state index contributed by atoms with van der Waals surface area (Å²) >= 11 is 3.05. The second kappa shape index (κ2) is 8.23. The zero-order valence-corrected chi connectivity index (χ0v) is 15.0. The van der Waals surface area contributed by atoms with Crippen molar-refractivity contribution in [1.82, 2.24) is 4.90 Å². The molecule has 0 spiro atoms. The first-order valence-corrected chi connectivity index (χ1v) is 8.64. The summed E-state index contributed by atoms with van der Waals surface area (Å²) in [6, 6.07) is 4.15. The van der Waals surface area contributed by atoms with Gasteiger partial charge in [0.2, 0.25) is 0 Å². The molecular weight excluding hydrogens is 380 g/mol. The van der Waals surface area contributed by atoms with E-state index < -0.39 is 10.9 Å². The minimum Gasteiger partial charge on any atom is -0.452 e. The predicted octanol–water partition coefficient (Wildman–Crippen LogP) is 3.31. The maximum absolute atomic E-state index is 12.3. The first-order chi connectivity index (χ1) is 11.4. The molecule has 130 valence electrons. The third kappa shape index (κ3) is 4.31. The predicted molar refractivity (Wildman–Crippen MR) is 90.7 cm³/mol. The molecule has 7 nitrogen and oxygen atoms in total. The Bertz CT molecular complexity index is 649. The highest BCUT2D eigenvalue weighted by atomic mass is 79.9. The number of nitro benzene ring substituents is 1. The van der Waals surface area contributed by atoms with Crippen LogP contribution in [-0.2, 0) is 9.53 Å². The molecule has 0 bridgehead atoms. The Morgan fingerprint density at radius 1 is 1.42 bits per heavy atom. The number of amides is 1. The number of nitro groups is 1. The zero-order chi connectivity index (χ0) is 17.7. The molecule has 0 aliphatic carbocycles. The van der Waals surface area contributed by atoms with Gasteiger partial charge in [-0.05, 0) is 53.7 Å². The highest BCUT2D eigenvalue weighted by Crippen LogP contribution is 2.26. The first-order valence-electron chi connectivity index (χ1n) is 7.84. The third-order valence-corrected chi connectivity index (χ3v) is 4.79. The van der Waals surface area contributed by atoms with Crippen LogP contribution in [0.4, 0.5) is 5.69 Å². The smallest absolute Gasteiger partial charge is 0.338 e. The van der Waals surface area contributed by atoms with Crippen LogP contribution in [0.5, 0.6) is 0 Å². The summed E-state index contributed by atoms with van der Waals surface area (Å²) in [5.74, 6) is -0.967. The maximum atomic E-state index is 12.3. The van der Waals surface area contributed by atoms with Gasteiger partial charge in [-0.25, -0.2) is 4.79 Å². The topological polar surface area (TPSA) is 89.8 Å². The van der Waals surface area contributed by atoms with Crippen LogP contribution >= 0.6 is 15.9 Å². The number of carbonyl (C=O) groups is 2. The zero-order valence-electron chi connectivity index (χ0n) is 13.4. The fourth-order valence-corrected chi connectivity index (χ4v) is 3.22. The molecule has 0 saturated carbocycles. The molecule has 1 amide bonds. The second-order valence-electron chi connectivity index (χ2n) is 5.64. The lowest BCUT2D eigenvalue weighted by Crippen LogP contribution is -2.45. The van der Waals surface area contributed by atoms with E-state index in [4.69, 9.17) is 4.74 Å². The summed E-state index contributed by atoms with van der Waals surface area (Å²) in [7, 11) is 0. The normalized spacial score (nSPS) is 17.4. The molecule has 1 aromatic rings. The van der Waals surface area contributed by atoms with Gasteiger partial charge in [0.05, 0.1) is 15.0 Å². The van der Waals surface area contributed by atoms with Gasteiger partial charge in [0.25, 0.3) is 11.6 Å². The van der Waals surface area contributed by atoms with Gasteiger partial charge in [-0.1, -0.05) is 6.92 Å². The van der Waals surface area contributed by atoms with Gasteiger partial charge in [0, 0.05) is 18.7 Å². The summed E-state index contributed by atoms with van der Waals surface area (Å²) in [6.07, 6.45) is 3.90. The summed E-state index contributed by atoms with van der Waals surface area (Å²) < 4.78 is 5.32. The molecular formula is C16H19BrN2O5. The van der Waals surface area contributed by atoms with Crippen molar-refractivity contribution in [3.63, 3.8) is 0 Å². The number of carbonyl (C=O) groups excluding carboxylic acids is 2. The standard InChI is InChI=1S/C16H19BrN2O5/c1-2-12-5-3-4-8-18(12)15(20)10-24-16(21)11-6-7-13(17)14(9-11)19(22)23/h6-7,9,12H,2-5,8,10H2,1H3/t12-/m0/s1. The highest BCUT2D eigenvalue weighted by Gasteiger charge is 2.26. The van der Waals surface area contributed by atoms with E-state index in [0.717, 1.165) is 31.7 Å². The average molecular weight is 399 g/mol. The average Bonchev–Trinajstić information content (AvgIpc) is 2.59. The Balaban J connectivity index is 1.99. The van der Waals surface area contributed by atoms with Crippen molar-refractivity contribution in [3.05, 3.63) is 38.3 Å². The fourth-order valence-electron chi connectivity index (χ4n) is 2.83. The molecule has 0 radical (unpaired) electrons. The fraction of sp³-hybridized carbons (Fsp3) is 0.500. The van der Waals surface area contributed by atoms with Crippen molar-refractivity contribution < 1.29 is 19.2 Å². The summed E-state index contributed by atoms with van der Waals surface area (Å²) in [5.41, 5.74) is -0.179. The molecule has 8 heteroatoms. The number of piperidine rings is 1. The van der Waals surface area contributed by atoms with Gasteiger partial charge in [0.1, 0.15) is 0 Å². The van der Waals surface area contributed by atoms with Crippen molar-refractivity contribution in [1.29, 1.82) is 0 Å². The van der Waals surface area contributed by atoms with Gasteiger partial charge in [-0.3, -0.25) is 14.9 Å². The number of hydrogen-bond donors (Lipinski definition) is 0.